The molecule has 0 aliphatic heterocycles. The Morgan fingerprint density at radius 3 is 1.73 bits per heavy atom. The molecule has 0 radical (unpaired) electrons. The van der Waals surface area contributed by atoms with Crippen LogP contribution in [-0.4, -0.2) is 5.71 Å². The van der Waals surface area contributed by atoms with E-state index in [9.17, 15) is 5.41 Å². The van der Waals surface area contributed by atoms with Gasteiger partial charge in [-0.05, 0) is 36.4 Å². The standard InChI is InChI=1S/C14H9N/c15-14-12-7-3-1-5-10(12)9-11-6-2-4-8-13(11)14/h1-9H. The largest absolute Gasteiger partial charge is 0.788 e. The zero-order valence-electron chi connectivity index (χ0n) is 8.14. The van der Waals surface area contributed by atoms with Crippen molar-refractivity contribution < 1.29 is 0 Å². The van der Waals surface area contributed by atoms with Crippen molar-refractivity contribution in [2.45, 2.75) is 0 Å². The van der Waals surface area contributed by atoms with Crippen molar-refractivity contribution in [1.29, 1.82) is 0 Å². The second kappa shape index (κ2) is 2.99. The molecule has 0 saturated heterocycles. The molecule has 0 heterocycles. The van der Waals surface area contributed by atoms with Gasteiger partial charge in [0.2, 0.25) is 0 Å². The molecule has 15 heavy (non-hydrogen) atoms. The summed E-state index contributed by atoms with van der Waals surface area (Å²) in [5.41, 5.74) is 4.36. The smallest absolute Gasteiger partial charge is 0.0793 e. The van der Waals surface area contributed by atoms with Crippen LogP contribution < -0.4 is 0 Å². The van der Waals surface area contributed by atoms with Crippen LogP contribution in [0.5, 0.6) is 0 Å². The van der Waals surface area contributed by atoms with Crippen molar-refractivity contribution in [2.75, 3.05) is 0 Å². The van der Waals surface area contributed by atoms with Gasteiger partial charge in [0, 0.05) is 29.7 Å². The number of rotatable bonds is 0. The van der Waals surface area contributed by atoms with Crippen molar-refractivity contribution in [3.05, 3.63) is 82.6 Å². The highest BCUT2D eigenvalue weighted by Crippen LogP contribution is 2.27. The molecule has 0 fully saturated rings. The Morgan fingerprint density at radius 1 is 0.733 bits per heavy atom. The fraction of sp³-hybridized carbons (Fsp3) is 0. The maximum Gasteiger partial charge on any atom is 0.0793 e. The summed E-state index contributed by atoms with van der Waals surface area (Å²) in [4.78, 5) is 0. The lowest BCUT2D eigenvalue weighted by Crippen LogP contribution is -2.12. The van der Waals surface area contributed by atoms with Crippen molar-refractivity contribution in [2.24, 2.45) is 0 Å². The van der Waals surface area contributed by atoms with Crippen LogP contribution in [0.25, 0.3) is 5.41 Å². The maximum atomic E-state index is 10.1. The van der Waals surface area contributed by atoms with Crippen LogP contribution in [0.15, 0.2) is 48.5 Å². The van der Waals surface area contributed by atoms with Gasteiger partial charge in [-0.2, -0.15) is 0 Å². The molecule has 2 aromatic carbocycles. The predicted octanol–water partition coefficient (Wildman–Crippen LogP) is 3.01. The molecule has 1 aliphatic carbocycles. The van der Waals surface area contributed by atoms with Crippen molar-refractivity contribution >= 4 is 5.71 Å². The maximum absolute atomic E-state index is 10.1. The number of benzene rings is 2. The van der Waals surface area contributed by atoms with Crippen LogP contribution in [0.4, 0.5) is 0 Å². The molecule has 2 aromatic rings. The first-order valence-electron chi connectivity index (χ1n) is 4.96. The van der Waals surface area contributed by atoms with E-state index in [-0.39, 0.29) is 0 Å². The Kier molecular flexibility index (Phi) is 1.65. The van der Waals surface area contributed by atoms with Gasteiger partial charge in [0.1, 0.15) is 0 Å². The number of nitrogens with zero attached hydrogens (tertiary/aromatic N) is 1. The van der Waals surface area contributed by atoms with E-state index >= 15 is 0 Å². The third-order valence-electron chi connectivity index (χ3n) is 2.74. The van der Waals surface area contributed by atoms with E-state index in [0.29, 0.717) is 5.71 Å². The van der Waals surface area contributed by atoms with Crippen LogP contribution in [0.1, 0.15) is 22.3 Å². The molecule has 0 N–H and O–H groups in total. The van der Waals surface area contributed by atoms with Crippen LogP contribution in [0.2, 0.25) is 0 Å². The second-order valence-electron chi connectivity index (χ2n) is 3.67. The fourth-order valence-corrected chi connectivity index (χ4v) is 1.99. The molecule has 1 aliphatic rings. The summed E-state index contributed by atoms with van der Waals surface area (Å²) in [6.45, 7) is 0. The minimum absolute atomic E-state index is 0.378. The lowest BCUT2D eigenvalue weighted by molar-refractivity contribution is 1.36. The van der Waals surface area contributed by atoms with Gasteiger partial charge in [0.25, 0.3) is 0 Å². The third-order valence-corrected chi connectivity index (χ3v) is 2.74. The topological polar surface area (TPSA) is 22.3 Å². The average Bonchev–Trinajstić information content (AvgIpc) is 2.30. The average molecular weight is 191 g/mol. The van der Waals surface area contributed by atoms with Gasteiger partial charge in [0.15, 0.2) is 0 Å². The molecular weight excluding hydrogens is 182 g/mol. The number of fused-ring (bicyclic) bond motifs is 2. The molecule has 0 saturated carbocycles. The predicted molar refractivity (Wildman–Crippen MR) is 62.0 cm³/mol. The van der Waals surface area contributed by atoms with Crippen molar-refractivity contribution in [1.82, 2.24) is 0 Å². The molecule has 0 bridgehead atoms. The Morgan fingerprint density at radius 2 is 1.20 bits per heavy atom. The van der Waals surface area contributed by atoms with Gasteiger partial charge in [-0.1, -0.05) is 5.71 Å². The lowest BCUT2D eigenvalue weighted by Gasteiger charge is -2.19. The first-order chi connectivity index (χ1) is 7.36. The summed E-state index contributed by atoms with van der Waals surface area (Å²) in [7, 11) is 0. The van der Waals surface area contributed by atoms with Crippen molar-refractivity contribution in [3.8, 4) is 0 Å². The van der Waals surface area contributed by atoms with Gasteiger partial charge in [-0.15, -0.1) is 0 Å². The summed E-state index contributed by atoms with van der Waals surface area (Å²) >= 11 is 0. The van der Waals surface area contributed by atoms with E-state index in [2.05, 4.69) is 6.42 Å². The SMILES string of the molecule is [N-]=C1c2ccccc2[CH+]c2ccccc21. The van der Waals surface area contributed by atoms with Gasteiger partial charge >= 0.3 is 0 Å². The monoisotopic (exact) mass is 191 g/mol. The Balaban J connectivity index is 2.24. The molecule has 1 heteroatoms. The molecule has 0 atom stereocenters. The molecule has 0 unspecified atom stereocenters. The first-order valence-corrected chi connectivity index (χ1v) is 4.96. The zero-order valence-corrected chi connectivity index (χ0v) is 8.14. The molecule has 0 aromatic heterocycles. The van der Waals surface area contributed by atoms with Crippen LogP contribution in [-0.2, 0) is 0 Å². The number of hydrogen-bond donors (Lipinski definition) is 0. The summed E-state index contributed by atoms with van der Waals surface area (Å²) in [6, 6.07) is 15.8. The van der Waals surface area contributed by atoms with Gasteiger partial charge in [-0.25, -0.2) is 0 Å². The Hall–Kier alpha value is -2.02. The van der Waals surface area contributed by atoms with E-state index in [1.807, 2.05) is 48.5 Å². The Bertz CT molecular complexity index is 493. The molecular formula is C14H9N. The molecule has 0 amide bonds. The quantitative estimate of drug-likeness (QED) is 0.487. The van der Waals surface area contributed by atoms with E-state index in [0.717, 1.165) is 22.3 Å². The Labute approximate surface area is 88.9 Å². The first kappa shape index (κ1) is 8.30. The van der Waals surface area contributed by atoms with Crippen LogP contribution >= 0.6 is 0 Å². The highest BCUT2D eigenvalue weighted by atomic mass is 14.4. The molecule has 1 nitrogen and oxygen atoms in total. The lowest BCUT2D eigenvalue weighted by atomic mass is 9.85. The van der Waals surface area contributed by atoms with Crippen LogP contribution in [0, 0.1) is 6.42 Å². The van der Waals surface area contributed by atoms with E-state index < -0.39 is 0 Å². The second-order valence-corrected chi connectivity index (χ2v) is 3.67. The minimum atomic E-state index is 0.378. The zero-order chi connectivity index (χ0) is 10.3. The highest BCUT2D eigenvalue weighted by molar-refractivity contribution is 6.18. The molecule has 70 valence electrons. The van der Waals surface area contributed by atoms with E-state index in [4.69, 9.17) is 0 Å². The summed E-state index contributed by atoms with van der Waals surface area (Å²) in [5.74, 6) is 0. The fourth-order valence-electron chi connectivity index (χ4n) is 1.99. The normalized spacial score (nSPS) is 12.7. The van der Waals surface area contributed by atoms with Crippen LogP contribution in [0.3, 0.4) is 0 Å². The summed E-state index contributed by atoms with van der Waals surface area (Å²) in [6.07, 6.45) is 2.10. The third kappa shape index (κ3) is 1.17. The van der Waals surface area contributed by atoms with Crippen molar-refractivity contribution in [3.63, 3.8) is 0 Å². The highest BCUT2D eigenvalue weighted by Gasteiger charge is 2.21. The van der Waals surface area contributed by atoms with E-state index in [1.165, 1.54) is 0 Å². The summed E-state index contributed by atoms with van der Waals surface area (Å²) in [5, 5.41) is 10.1. The van der Waals surface area contributed by atoms with Gasteiger partial charge < -0.3 is 5.41 Å². The molecule has 0 spiro atoms. The van der Waals surface area contributed by atoms with Gasteiger partial charge in [-0.3, -0.25) is 0 Å². The van der Waals surface area contributed by atoms with Gasteiger partial charge in [0.05, 0.1) is 11.1 Å². The summed E-state index contributed by atoms with van der Waals surface area (Å²) < 4.78 is 0. The van der Waals surface area contributed by atoms with E-state index in [1.54, 1.807) is 0 Å². The minimum Gasteiger partial charge on any atom is -0.788 e. The molecule has 3 rings (SSSR count). The number of hydrogen-bond acceptors (Lipinski definition) is 0.